The summed E-state index contributed by atoms with van der Waals surface area (Å²) in [6.07, 6.45) is 0. The fraction of sp³-hybridized carbons (Fsp3) is 0. The van der Waals surface area contributed by atoms with Gasteiger partial charge in [-0.3, -0.25) is 0 Å². The zero-order valence-corrected chi connectivity index (χ0v) is 39.8. The predicted octanol–water partition coefficient (Wildman–Crippen LogP) is 18.2. The molecule has 0 atom stereocenters. The summed E-state index contributed by atoms with van der Waals surface area (Å²) in [6.45, 7) is 0. The van der Waals surface area contributed by atoms with Gasteiger partial charge >= 0.3 is 0 Å². The van der Waals surface area contributed by atoms with E-state index < -0.39 is 0 Å². The summed E-state index contributed by atoms with van der Waals surface area (Å²) in [6, 6.07) is 91.3. The zero-order chi connectivity index (χ0) is 47.5. The Morgan fingerprint density at radius 1 is 0.278 bits per heavy atom. The number of benzene rings is 11. The lowest BCUT2D eigenvalue weighted by atomic mass is 9.95. The summed E-state index contributed by atoms with van der Waals surface area (Å²) in [5, 5.41) is 7.32. The van der Waals surface area contributed by atoms with Crippen LogP contribution in [-0.2, 0) is 0 Å². The maximum absolute atomic E-state index is 5.35. The second-order valence-corrected chi connectivity index (χ2v) is 19.4. The van der Waals surface area contributed by atoms with Gasteiger partial charge in [-0.15, -0.1) is 11.3 Å². The third-order valence-electron chi connectivity index (χ3n) is 14.1. The van der Waals surface area contributed by atoms with Gasteiger partial charge in [-0.25, -0.2) is 15.0 Å². The second-order valence-electron chi connectivity index (χ2n) is 18.3. The number of fused-ring (bicyclic) bond motifs is 7. The molecule has 3 aromatic heterocycles. The zero-order valence-electron chi connectivity index (χ0n) is 38.9. The van der Waals surface area contributed by atoms with Crippen molar-refractivity contribution in [2.45, 2.75) is 0 Å². The maximum Gasteiger partial charge on any atom is 0.164 e. The molecule has 11 aromatic carbocycles. The summed E-state index contributed by atoms with van der Waals surface area (Å²) < 4.78 is 4.99. The number of hydrogen-bond donors (Lipinski definition) is 0. The number of rotatable bonds is 8. The van der Waals surface area contributed by atoms with Crippen molar-refractivity contribution in [3.05, 3.63) is 255 Å². The van der Waals surface area contributed by atoms with Crippen LogP contribution in [0.3, 0.4) is 0 Å². The highest BCUT2D eigenvalue weighted by Gasteiger charge is 2.23. The number of hydrogen-bond acceptors (Lipinski definition) is 4. The van der Waals surface area contributed by atoms with Crippen molar-refractivity contribution in [3.8, 4) is 84.4 Å². The van der Waals surface area contributed by atoms with E-state index in [2.05, 4.69) is 247 Å². The molecule has 0 spiro atoms. The van der Waals surface area contributed by atoms with E-state index in [1.165, 1.54) is 52.8 Å². The lowest BCUT2D eigenvalue weighted by Gasteiger charge is -2.17. The van der Waals surface area contributed by atoms with Gasteiger partial charge in [0.15, 0.2) is 17.5 Å². The Kier molecular flexibility index (Phi) is 10.0. The minimum atomic E-state index is 0.601. The normalized spacial score (nSPS) is 11.6. The van der Waals surface area contributed by atoms with Gasteiger partial charge in [0.25, 0.3) is 0 Å². The molecule has 4 nitrogen and oxygen atoms in total. The summed E-state index contributed by atoms with van der Waals surface area (Å²) >= 11 is 1.84. The molecule has 5 heteroatoms. The van der Waals surface area contributed by atoms with Crippen LogP contribution < -0.4 is 0 Å². The van der Waals surface area contributed by atoms with Crippen molar-refractivity contribution >= 4 is 64.1 Å². The molecular formula is C67H42N4S. The topological polar surface area (TPSA) is 43.6 Å². The lowest BCUT2D eigenvalue weighted by Crippen LogP contribution is -2.02. The number of nitrogens with zero attached hydrogens (tertiary/aromatic N) is 4. The highest BCUT2D eigenvalue weighted by atomic mass is 32.1. The first-order valence-electron chi connectivity index (χ1n) is 24.3. The first-order chi connectivity index (χ1) is 35.7. The van der Waals surface area contributed by atoms with Gasteiger partial charge in [-0.1, -0.05) is 206 Å². The molecule has 336 valence electrons. The highest BCUT2D eigenvalue weighted by Crippen LogP contribution is 2.46. The lowest BCUT2D eigenvalue weighted by molar-refractivity contribution is 1.07. The van der Waals surface area contributed by atoms with Gasteiger partial charge in [0, 0.05) is 53.2 Å². The van der Waals surface area contributed by atoms with E-state index in [-0.39, 0.29) is 0 Å². The van der Waals surface area contributed by atoms with Crippen molar-refractivity contribution in [1.29, 1.82) is 0 Å². The Labute approximate surface area is 420 Å². The molecule has 0 aliphatic rings. The van der Waals surface area contributed by atoms with Gasteiger partial charge in [0.1, 0.15) is 0 Å². The highest BCUT2D eigenvalue weighted by molar-refractivity contribution is 7.25. The molecule has 3 heterocycles. The Hall–Kier alpha value is -9.29. The molecule has 0 aliphatic carbocycles. The first-order valence-corrected chi connectivity index (χ1v) is 25.1. The first kappa shape index (κ1) is 41.7. The summed E-state index contributed by atoms with van der Waals surface area (Å²) in [7, 11) is 0. The Bertz CT molecular complexity index is 4250. The average molecular weight is 935 g/mol. The van der Waals surface area contributed by atoms with E-state index in [0.717, 1.165) is 66.8 Å². The van der Waals surface area contributed by atoms with Crippen LogP contribution in [0.25, 0.3) is 137 Å². The maximum atomic E-state index is 5.35. The molecule has 72 heavy (non-hydrogen) atoms. The smallest absolute Gasteiger partial charge is 0.164 e. The minimum absolute atomic E-state index is 0.601. The van der Waals surface area contributed by atoms with Crippen molar-refractivity contribution in [2.75, 3.05) is 0 Å². The molecule has 0 saturated carbocycles. The van der Waals surface area contributed by atoms with E-state index in [9.17, 15) is 0 Å². The quantitative estimate of drug-likeness (QED) is 0.152. The van der Waals surface area contributed by atoms with Crippen LogP contribution in [0.1, 0.15) is 0 Å². The molecule has 0 bridgehead atoms. The van der Waals surface area contributed by atoms with Crippen molar-refractivity contribution in [1.82, 2.24) is 19.5 Å². The van der Waals surface area contributed by atoms with Crippen LogP contribution in [-0.4, -0.2) is 19.5 Å². The second kappa shape index (κ2) is 17.3. The van der Waals surface area contributed by atoms with Crippen LogP contribution in [0.4, 0.5) is 0 Å². The Morgan fingerprint density at radius 3 is 1.42 bits per heavy atom. The molecular weight excluding hydrogens is 893 g/mol. The molecule has 0 radical (unpaired) electrons. The van der Waals surface area contributed by atoms with Crippen molar-refractivity contribution in [2.24, 2.45) is 0 Å². The SMILES string of the molecule is c1ccc(-c2ccc(-c3nc(-c4ccc(-c5ccccc5)cc4)nc(-c4ccc(-n5c6cc7ccccc7cc6c6c(-c7ccccc7)cccc65)c(-c5cccc6sc7ccccc7c56)c4)n3)cc2)cc1. The van der Waals surface area contributed by atoms with E-state index >= 15 is 0 Å². The van der Waals surface area contributed by atoms with Gasteiger partial charge in [-0.05, 0) is 98.2 Å². The summed E-state index contributed by atoms with van der Waals surface area (Å²) in [5.41, 5.74) is 15.3. The van der Waals surface area contributed by atoms with Crippen LogP contribution in [0.2, 0.25) is 0 Å². The number of aromatic nitrogens is 4. The fourth-order valence-corrected chi connectivity index (χ4v) is 11.7. The van der Waals surface area contributed by atoms with E-state index in [1.54, 1.807) is 0 Å². The van der Waals surface area contributed by atoms with Gasteiger partial charge in [0.05, 0.1) is 16.7 Å². The molecule has 14 rings (SSSR count). The van der Waals surface area contributed by atoms with Crippen LogP contribution in [0, 0.1) is 0 Å². The molecule has 0 N–H and O–H groups in total. The fourth-order valence-electron chi connectivity index (χ4n) is 10.6. The van der Waals surface area contributed by atoms with E-state index in [4.69, 9.17) is 15.0 Å². The van der Waals surface area contributed by atoms with E-state index in [0.29, 0.717) is 17.5 Å². The Balaban J connectivity index is 1.03. The average Bonchev–Trinajstić information content (AvgIpc) is 4.00. The van der Waals surface area contributed by atoms with Crippen LogP contribution in [0.5, 0.6) is 0 Å². The van der Waals surface area contributed by atoms with Crippen LogP contribution in [0.15, 0.2) is 255 Å². The van der Waals surface area contributed by atoms with Crippen molar-refractivity contribution < 1.29 is 0 Å². The monoisotopic (exact) mass is 934 g/mol. The Morgan fingerprint density at radius 2 is 0.764 bits per heavy atom. The number of thiophene rings is 1. The van der Waals surface area contributed by atoms with Gasteiger partial charge < -0.3 is 4.57 Å². The molecule has 0 saturated heterocycles. The van der Waals surface area contributed by atoms with Gasteiger partial charge in [0.2, 0.25) is 0 Å². The molecule has 0 aliphatic heterocycles. The minimum Gasteiger partial charge on any atom is -0.309 e. The third-order valence-corrected chi connectivity index (χ3v) is 15.2. The molecule has 0 fully saturated rings. The standard InChI is InChI=1S/C67H42N4S/c1-4-16-43(17-5-1)45-30-34-48(35-31-45)65-68-66(49-36-32-46(33-37-49)44-18-6-2-7-19-44)70-67(69-65)52-38-39-58(56(41-52)54-26-15-29-62-64(54)55-24-12-13-28-61(55)72-62)71-59-27-14-25-53(47-20-8-3-9-21-47)63(59)57-40-50-22-10-11-23-51(50)42-60(57)71/h1-42H. The van der Waals surface area contributed by atoms with Gasteiger partial charge in [-0.2, -0.15) is 0 Å². The molecule has 0 unspecified atom stereocenters. The van der Waals surface area contributed by atoms with E-state index in [1.807, 2.05) is 23.5 Å². The van der Waals surface area contributed by atoms with Crippen molar-refractivity contribution in [3.63, 3.8) is 0 Å². The summed E-state index contributed by atoms with van der Waals surface area (Å²) in [5.74, 6) is 1.83. The third kappa shape index (κ3) is 7.17. The largest absolute Gasteiger partial charge is 0.309 e. The van der Waals surface area contributed by atoms with Crippen LogP contribution >= 0.6 is 11.3 Å². The summed E-state index contributed by atoms with van der Waals surface area (Å²) in [4.78, 5) is 15.9. The molecule has 14 aromatic rings. The predicted molar refractivity (Wildman–Crippen MR) is 303 cm³/mol. The molecule has 0 amide bonds.